The molecule has 1 saturated heterocycles. The zero-order valence-electron chi connectivity index (χ0n) is 12.9. The number of rotatable bonds is 12. The van der Waals surface area contributed by atoms with Crippen molar-refractivity contribution in [2.24, 2.45) is 0 Å². The molecule has 19 heavy (non-hydrogen) atoms. The molecule has 1 heterocycles. The van der Waals surface area contributed by atoms with Crippen LogP contribution in [0.5, 0.6) is 0 Å². The lowest BCUT2D eigenvalue weighted by Crippen LogP contribution is -2.45. The van der Waals surface area contributed by atoms with Crippen LogP contribution in [0.2, 0.25) is 12.1 Å². The van der Waals surface area contributed by atoms with Crippen LogP contribution in [-0.4, -0.2) is 47.2 Å². The minimum atomic E-state index is -2.09. The summed E-state index contributed by atoms with van der Waals surface area (Å²) in [6.45, 7) is 11.7. The van der Waals surface area contributed by atoms with Crippen LogP contribution in [0, 0.1) is 0 Å². The van der Waals surface area contributed by atoms with Gasteiger partial charge in [0, 0.05) is 19.3 Å². The van der Waals surface area contributed by atoms with E-state index in [4.69, 9.17) is 18.3 Å². The largest absolute Gasteiger partial charge is 0.394 e. The van der Waals surface area contributed by atoms with Crippen molar-refractivity contribution >= 4 is 8.56 Å². The van der Waals surface area contributed by atoms with Crippen molar-refractivity contribution < 1.29 is 18.3 Å². The fourth-order valence-electron chi connectivity index (χ4n) is 2.02. The Balaban J connectivity index is 2.42. The lowest BCUT2D eigenvalue weighted by molar-refractivity contribution is 0.0542. The SMILES string of the molecule is CCCO[Si](CC)(CC(C)OCC1CO1)OCCC. The van der Waals surface area contributed by atoms with E-state index in [0.29, 0.717) is 12.7 Å². The van der Waals surface area contributed by atoms with Crippen LogP contribution in [0.25, 0.3) is 0 Å². The van der Waals surface area contributed by atoms with Gasteiger partial charge in [-0.1, -0.05) is 20.8 Å². The van der Waals surface area contributed by atoms with Gasteiger partial charge in [0.25, 0.3) is 0 Å². The summed E-state index contributed by atoms with van der Waals surface area (Å²) in [7, 11) is -2.09. The van der Waals surface area contributed by atoms with Gasteiger partial charge in [-0.15, -0.1) is 0 Å². The molecule has 0 N–H and O–H groups in total. The van der Waals surface area contributed by atoms with E-state index in [0.717, 1.165) is 44.8 Å². The molecule has 0 saturated carbocycles. The Kier molecular flexibility index (Phi) is 8.17. The summed E-state index contributed by atoms with van der Waals surface area (Å²) in [6, 6.07) is 1.90. The van der Waals surface area contributed by atoms with Crippen LogP contribution in [-0.2, 0) is 18.3 Å². The molecule has 1 aliphatic heterocycles. The fourth-order valence-corrected chi connectivity index (χ4v) is 5.18. The van der Waals surface area contributed by atoms with Gasteiger partial charge in [-0.2, -0.15) is 0 Å². The molecule has 0 amide bonds. The van der Waals surface area contributed by atoms with E-state index < -0.39 is 8.56 Å². The van der Waals surface area contributed by atoms with E-state index in [-0.39, 0.29) is 6.10 Å². The third-order valence-corrected chi connectivity index (χ3v) is 6.98. The molecular weight excluding hydrogens is 260 g/mol. The predicted octanol–water partition coefficient (Wildman–Crippen LogP) is 3.11. The molecule has 5 heteroatoms. The van der Waals surface area contributed by atoms with Gasteiger partial charge in [0.05, 0.1) is 19.3 Å². The average molecular weight is 290 g/mol. The Morgan fingerprint density at radius 2 is 1.74 bits per heavy atom. The second kappa shape index (κ2) is 9.08. The Bertz CT molecular complexity index is 225. The smallest absolute Gasteiger partial charge is 0.340 e. The fraction of sp³-hybridized carbons (Fsp3) is 1.00. The summed E-state index contributed by atoms with van der Waals surface area (Å²) in [5.74, 6) is 0. The summed E-state index contributed by atoms with van der Waals surface area (Å²) in [6.07, 6.45) is 2.59. The molecule has 1 rings (SSSR count). The maximum absolute atomic E-state index is 6.13. The van der Waals surface area contributed by atoms with Gasteiger partial charge in [-0.25, -0.2) is 0 Å². The first kappa shape index (κ1) is 17.1. The highest BCUT2D eigenvalue weighted by Crippen LogP contribution is 2.24. The molecule has 114 valence electrons. The molecule has 2 unspecified atom stereocenters. The molecule has 0 aromatic rings. The van der Waals surface area contributed by atoms with Crippen LogP contribution in [0.15, 0.2) is 0 Å². The summed E-state index contributed by atoms with van der Waals surface area (Å²) in [5, 5.41) is 0. The molecule has 0 spiro atoms. The van der Waals surface area contributed by atoms with E-state index >= 15 is 0 Å². The van der Waals surface area contributed by atoms with E-state index in [1.165, 1.54) is 0 Å². The van der Waals surface area contributed by atoms with Gasteiger partial charge < -0.3 is 18.3 Å². The maximum Gasteiger partial charge on any atom is 0.340 e. The maximum atomic E-state index is 6.13. The minimum Gasteiger partial charge on any atom is -0.394 e. The number of epoxide rings is 1. The van der Waals surface area contributed by atoms with Crippen LogP contribution in [0.3, 0.4) is 0 Å². The minimum absolute atomic E-state index is 0.185. The van der Waals surface area contributed by atoms with Gasteiger partial charge in [-0.3, -0.25) is 0 Å². The van der Waals surface area contributed by atoms with Crippen LogP contribution < -0.4 is 0 Å². The highest BCUT2D eigenvalue weighted by Gasteiger charge is 2.38. The lowest BCUT2D eigenvalue weighted by atomic mass is 10.4. The monoisotopic (exact) mass is 290 g/mol. The van der Waals surface area contributed by atoms with E-state index in [2.05, 4.69) is 27.7 Å². The van der Waals surface area contributed by atoms with Crippen molar-refractivity contribution in [2.45, 2.75) is 64.8 Å². The van der Waals surface area contributed by atoms with Gasteiger partial charge in [-0.05, 0) is 25.8 Å². The third kappa shape index (κ3) is 6.86. The Morgan fingerprint density at radius 3 is 2.16 bits per heavy atom. The second-order valence-electron chi connectivity index (χ2n) is 5.26. The third-order valence-electron chi connectivity index (χ3n) is 3.24. The van der Waals surface area contributed by atoms with Gasteiger partial charge in [0.1, 0.15) is 6.10 Å². The molecule has 1 aliphatic rings. The molecule has 0 aliphatic carbocycles. The molecule has 4 nitrogen and oxygen atoms in total. The standard InChI is InChI=1S/C14H30O4Si/c1-5-8-17-19(7-3,18-9-6-2)12-13(4)15-10-14-11-16-14/h13-14H,5-12H2,1-4H3. The van der Waals surface area contributed by atoms with Crippen LogP contribution in [0.4, 0.5) is 0 Å². The molecule has 0 aromatic carbocycles. The van der Waals surface area contributed by atoms with Crippen LogP contribution in [0.1, 0.15) is 40.5 Å². The van der Waals surface area contributed by atoms with Gasteiger partial charge >= 0.3 is 8.56 Å². The van der Waals surface area contributed by atoms with Crippen molar-refractivity contribution in [1.82, 2.24) is 0 Å². The topological polar surface area (TPSA) is 40.2 Å². The number of hydrogen-bond acceptors (Lipinski definition) is 4. The first-order chi connectivity index (χ1) is 9.15. The highest BCUT2D eigenvalue weighted by atomic mass is 28.4. The second-order valence-corrected chi connectivity index (χ2v) is 8.78. The average Bonchev–Trinajstić information content (AvgIpc) is 3.24. The molecule has 0 aromatic heterocycles. The Hall–Kier alpha value is 0.0569. The van der Waals surface area contributed by atoms with Gasteiger partial charge in [0.15, 0.2) is 0 Å². The molecule has 2 atom stereocenters. The van der Waals surface area contributed by atoms with Crippen molar-refractivity contribution in [3.63, 3.8) is 0 Å². The predicted molar refractivity (Wildman–Crippen MR) is 78.7 cm³/mol. The van der Waals surface area contributed by atoms with Crippen molar-refractivity contribution in [3.8, 4) is 0 Å². The van der Waals surface area contributed by atoms with E-state index in [9.17, 15) is 0 Å². The quantitative estimate of drug-likeness (QED) is 0.409. The first-order valence-electron chi connectivity index (χ1n) is 7.66. The normalized spacial score (nSPS) is 20.5. The van der Waals surface area contributed by atoms with Gasteiger partial charge in [0.2, 0.25) is 0 Å². The lowest BCUT2D eigenvalue weighted by Gasteiger charge is -2.32. The molecule has 0 bridgehead atoms. The summed E-state index contributed by atoms with van der Waals surface area (Å²) in [5.41, 5.74) is 0. The zero-order chi connectivity index (χ0) is 14.1. The zero-order valence-corrected chi connectivity index (χ0v) is 13.9. The number of ether oxygens (including phenoxy) is 2. The summed E-state index contributed by atoms with van der Waals surface area (Å²) >= 11 is 0. The molecule has 1 fully saturated rings. The van der Waals surface area contributed by atoms with E-state index in [1.807, 2.05) is 0 Å². The molecular formula is C14H30O4Si. The van der Waals surface area contributed by atoms with Crippen LogP contribution >= 0.6 is 0 Å². The summed E-state index contributed by atoms with van der Waals surface area (Å²) in [4.78, 5) is 0. The van der Waals surface area contributed by atoms with Crippen molar-refractivity contribution in [2.75, 3.05) is 26.4 Å². The Labute approximate surface area is 119 Å². The molecule has 0 radical (unpaired) electrons. The summed E-state index contributed by atoms with van der Waals surface area (Å²) < 4.78 is 23.3. The number of hydrogen-bond donors (Lipinski definition) is 0. The van der Waals surface area contributed by atoms with E-state index in [1.54, 1.807) is 0 Å². The van der Waals surface area contributed by atoms with Crippen molar-refractivity contribution in [3.05, 3.63) is 0 Å². The Morgan fingerprint density at radius 1 is 1.16 bits per heavy atom. The highest BCUT2D eigenvalue weighted by molar-refractivity contribution is 6.67. The van der Waals surface area contributed by atoms with Crippen molar-refractivity contribution in [1.29, 1.82) is 0 Å². The first-order valence-corrected chi connectivity index (χ1v) is 9.90.